The predicted molar refractivity (Wildman–Crippen MR) is 46.5 cm³/mol. The van der Waals surface area contributed by atoms with Gasteiger partial charge in [0.05, 0.1) is 5.38 Å². The highest BCUT2D eigenvalue weighted by molar-refractivity contribution is 7.08. The molecular formula is C8H5S2. The first-order valence-corrected chi connectivity index (χ1v) is 4.77. The lowest BCUT2D eigenvalue weighted by molar-refractivity contribution is 1.83. The molecular weight excluding hydrogens is 160 g/mol. The fourth-order valence-electron chi connectivity index (χ4n) is 0.806. The summed E-state index contributed by atoms with van der Waals surface area (Å²) in [6, 6.07) is 4.20. The first-order valence-electron chi connectivity index (χ1n) is 2.94. The summed E-state index contributed by atoms with van der Waals surface area (Å²) in [6.45, 7) is 0. The van der Waals surface area contributed by atoms with Gasteiger partial charge in [0.1, 0.15) is 0 Å². The van der Waals surface area contributed by atoms with Crippen molar-refractivity contribution in [2.45, 2.75) is 0 Å². The smallest absolute Gasteiger partial charge is 0.0527 e. The van der Waals surface area contributed by atoms with Gasteiger partial charge in [-0.15, -0.1) is 11.3 Å². The highest BCUT2D eigenvalue weighted by atomic mass is 32.1. The molecule has 2 heterocycles. The van der Waals surface area contributed by atoms with Gasteiger partial charge in [-0.2, -0.15) is 11.3 Å². The largest absolute Gasteiger partial charge is 0.152 e. The van der Waals surface area contributed by atoms with Crippen molar-refractivity contribution in [2.24, 2.45) is 0 Å². The molecule has 2 aromatic rings. The Morgan fingerprint density at radius 1 is 1.20 bits per heavy atom. The van der Waals surface area contributed by atoms with Crippen LogP contribution in [0, 0.1) is 5.38 Å². The molecule has 0 saturated carbocycles. The molecule has 0 N–H and O–H groups in total. The third-order valence-corrected chi connectivity index (χ3v) is 2.60. The molecule has 0 amide bonds. The normalized spacial score (nSPS) is 10.0. The summed E-state index contributed by atoms with van der Waals surface area (Å²) < 4.78 is 0. The zero-order valence-corrected chi connectivity index (χ0v) is 6.84. The van der Waals surface area contributed by atoms with Crippen molar-refractivity contribution < 1.29 is 0 Å². The van der Waals surface area contributed by atoms with Gasteiger partial charge in [0, 0.05) is 5.56 Å². The van der Waals surface area contributed by atoms with E-state index in [1.807, 2.05) is 5.38 Å². The lowest BCUT2D eigenvalue weighted by Crippen LogP contribution is -1.61. The maximum Gasteiger partial charge on any atom is 0.0527 e. The van der Waals surface area contributed by atoms with Crippen LogP contribution in [0.25, 0.3) is 11.1 Å². The average Bonchev–Trinajstić information content (AvgIpc) is 2.59. The van der Waals surface area contributed by atoms with E-state index in [2.05, 4.69) is 28.3 Å². The third kappa shape index (κ3) is 1.00. The van der Waals surface area contributed by atoms with E-state index >= 15 is 0 Å². The summed E-state index contributed by atoms with van der Waals surface area (Å²) in [5.41, 5.74) is 2.50. The minimum absolute atomic E-state index is 1.21. The summed E-state index contributed by atoms with van der Waals surface area (Å²) in [5.74, 6) is 0. The molecule has 0 fully saturated rings. The molecule has 10 heavy (non-hydrogen) atoms. The molecule has 0 saturated heterocycles. The van der Waals surface area contributed by atoms with Gasteiger partial charge in [-0.3, -0.25) is 0 Å². The van der Waals surface area contributed by atoms with Crippen LogP contribution in [0.2, 0.25) is 0 Å². The van der Waals surface area contributed by atoms with E-state index in [0.717, 1.165) is 0 Å². The van der Waals surface area contributed by atoms with E-state index in [1.54, 1.807) is 22.7 Å². The predicted octanol–water partition coefficient (Wildman–Crippen LogP) is 3.28. The number of rotatable bonds is 1. The second-order valence-corrected chi connectivity index (χ2v) is 3.44. The maximum atomic E-state index is 3.19. The zero-order chi connectivity index (χ0) is 6.81. The highest BCUT2D eigenvalue weighted by Gasteiger charge is 1.95. The number of hydrogen-bond donors (Lipinski definition) is 0. The molecule has 0 aliphatic rings. The Labute approximate surface area is 67.8 Å². The van der Waals surface area contributed by atoms with Gasteiger partial charge in [-0.05, 0) is 33.8 Å². The van der Waals surface area contributed by atoms with Crippen molar-refractivity contribution in [3.8, 4) is 11.1 Å². The van der Waals surface area contributed by atoms with Crippen molar-refractivity contribution in [1.29, 1.82) is 0 Å². The lowest BCUT2D eigenvalue weighted by Gasteiger charge is -1.85. The van der Waals surface area contributed by atoms with Crippen LogP contribution in [0.1, 0.15) is 0 Å². The van der Waals surface area contributed by atoms with Crippen molar-refractivity contribution in [1.82, 2.24) is 0 Å². The third-order valence-electron chi connectivity index (χ3n) is 1.30. The van der Waals surface area contributed by atoms with Crippen molar-refractivity contribution in [3.63, 3.8) is 0 Å². The topological polar surface area (TPSA) is 0 Å². The monoisotopic (exact) mass is 165 g/mol. The molecule has 0 bridgehead atoms. The molecule has 49 valence electrons. The molecule has 2 heteroatoms. The first kappa shape index (κ1) is 6.13. The van der Waals surface area contributed by atoms with E-state index in [1.165, 1.54) is 11.1 Å². The molecule has 0 aliphatic carbocycles. The SMILES string of the molecule is [c]1sccc1-c1ccsc1. The zero-order valence-electron chi connectivity index (χ0n) is 5.20. The number of hydrogen-bond acceptors (Lipinski definition) is 2. The van der Waals surface area contributed by atoms with Crippen molar-refractivity contribution in [2.75, 3.05) is 0 Å². The van der Waals surface area contributed by atoms with Crippen molar-refractivity contribution >= 4 is 22.7 Å². The quantitative estimate of drug-likeness (QED) is 0.608. The van der Waals surface area contributed by atoms with Crippen LogP contribution >= 0.6 is 22.7 Å². The fourth-order valence-corrected chi connectivity index (χ4v) is 2.05. The number of thiophene rings is 2. The van der Waals surface area contributed by atoms with Gasteiger partial charge in [0.25, 0.3) is 0 Å². The van der Waals surface area contributed by atoms with E-state index in [0.29, 0.717) is 0 Å². The average molecular weight is 165 g/mol. The van der Waals surface area contributed by atoms with E-state index in [-0.39, 0.29) is 0 Å². The van der Waals surface area contributed by atoms with Gasteiger partial charge >= 0.3 is 0 Å². The minimum Gasteiger partial charge on any atom is -0.152 e. The molecule has 0 atom stereocenters. The van der Waals surface area contributed by atoms with E-state index in [9.17, 15) is 0 Å². The second-order valence-electron chi connectivity index (χ2n) is 1.95. The Morgan fingerprint density at radius 3 is 2.80 bits per heavy atom. The molecule has 0 aromatic carbocycles. The van der Waals surface area contributed by atoms with Crippen LogP contribution in [0.5, 0.6) is 0 Å². The van der Waals surface area contributed by atoms with Crippen LogP contribution in [0.15, 0.2) is 28.3 Å². The van der Waals surface area contributed by atoms with Gasteiger partial charge in [-0.25, -0.2) is 0 Å². The maximum absolute atomic E-state index is 3.19. The Bertz CT molecular complexity index is 247. The van der Waals surface area contributed by atoms with Crippen LogP contribution in [0.3, 0.4) is 0 Å². The van der Waals surface area contributed by atoms with Crippen LogP contribution in [-0.4, -0.2) is 0 Å². The highest BCUT2D eigenvalue weighted by Crippen LogP contribution is 2.23. The Morgan fingerprint density at radius 2 is 2.20 bits per heavy atom. The lowest BCUT2D eigenvalue weighted by atomic mass is 10.2. The van der Waals surface area contributed by atoms with Gasteiger partial charge in [-0.1, -0.05) is 0 Å². The summed E-state index contributed by atoms with van der Waals surface area (Å²) in [4.78, 5) is 0. The fraction of sp³-hybridized carbons (Fsp3) is 0. The molecule has 0 aliphatic heterocycles. The Hall–Kier alpha value is -0.600. The molecule has 0 nitrogen and oxygen atoms in total. The van der Waals surface area contributed by atoms with Gasteiger partial charge in [0.2, 0.25) is 0 Å². The molecule has 1 radical (unpaired) electrons. The second kappa shape index (κ2) is 2.56. The molecule has 0 spiro atoms. The molecule has 0 unspecified atom stereocenters. The van der Waals surface area contributed by atoms with E-state index < -0.39 is 0 Å². The first-order chi connectivity index (χ1) is 4.97. The minimum atomic E-state index is 1.21. The summed E-state index contributed by atoms with van der Waals surface area (Å²) >= 11 is 3.34. The Balaban J connectivity index is 2.48. The van der Waals surface area contributed by atoms with Gasteiger partial charge < -0.3 is 0 Å². The standard InChI is InChI=1S/C8H5S2/c1-3-9-5-7(1)8-2-4-10-6-8/h1-5H. The molecule has 2 aromatic heterocycles. The summed E-state index contributed by atoms with van der Waals surface area (Å²) in [5, 5.41) is 9.46. The summed E-state index contributed by atoms with van der Waals surface area (Å²) in [6.07, 6.45) is 0. The van der Waals surface area contributed by atoms with Crippen LogP contribution in [0.4, 0.5) is 0 Å². The summed E-state index contributed by atoms with van der Waals surface area (Å²) in [7, 11) is 0. The van der Waals surface area contributed by atoms with Crippen LogP contribution in [-0.2, 0) is 0 Å². The van der Waals surface area contributed by atoms with E-state index in [4.69, 9.17) is 0 Å². The van der Waals surface area contributed by atoms with Gasteiger partial charge in [0.15, 0.2) is 0 Å². The Kier molecular flexibility index (Phi) is 1.57. The molecule has 2 rings (SSSR count). The van der Waals surface area contributed by atoms with Crippen LogP contribution < -0.4 is 0 Å². The van der Waals surface area contributed by atoms with Crippen molar-refractivity contribution in [3.05, 3.63) is 33.7 Å².